The highest BCUT2D eigenvalue weighted by molar-refractivity contribution is 7.89. The molecule has 0 unspecified atom stereocenters. The number of rotatable bonds is 7. The molecule has 7 heteroatoms. The molecule has 3 rings (SSSR count). The lowest BCUT2D eigenvalue weighted by Crippen LogP contribution is -2.30. The number of amides is 1. The average molecular weight is 403 g/mol. The zero-order valence-corrected chi connectivity index (χ0v) is 16.1. The Morgan fingerprint density at radius 1 is 0.926 bits per heavy atom. The second kappa shape index (κ2) is 8.52. The lowest BCUT2D eigenvalue weighted by molar-refractivity contribution is -0.121. The second-order valence-electron chi connectivity index (χ2n) is 6.06. The molecule has 140 valence electrons. The van der Waals surface area contributed by atoms with Gasteiger partial charge in [-0.2, -0.15) is 0 Å². The zero-order valence-electron chi connectivity index (χ0n) is 14.5. The number of sulfonamides is 1. The van der Waals surface area contributed by atoms with Crippen molar-refractivity contribution in [2.45, 2.75) is 17.9 Å². The van der Waals surface area contributed by atoms with Crippen molar-refractivity contribution in [3.05, 3.63) is 77.3 Å². The van der Waals surface area contributed by atoms with Gasteiger partial charge in [-0.1, -0.05) is 54.1 Å². The molecular formula is C20H19ClN2O3S. The predicted octanol–water partition coefficient (Wildman–Crippen LogP) is 3.48. The van der Waals surface area contributed by atoms with Gasteiger partial charge in [0.15, 0.2) is 0 Å². The van der Waals surface area contributed by atoms with Crippen molar-refractivity contribution in [2.24, 2.45) is 0 Å². The molecule has 0 heterocycles. The van der Waals surface area contributed by atoms with Crippen LogP contribution in [0.4, 0.5) is 0 Å². The van der Waals surface area contributed by atoms with Crippen LogP contribution in [0, 0.1) is 0 Å². The molecule has 3 aromatic carbocycles. The molecule has 2 N–H and O–H groups in total. The molecular weight excluding hydrogens is 384 g/mol. The van der Waals surface area contributed by atoms with Crippen LogP contribution in [0.1, 0.15) is 12.0 Å². The van der Waals surface area contributed by atoms with Gasteiger partial charge in [-0.25, -0.2) is 13.1 Å². The number of carbonyl (C=O) groups is 1. The van der Waals surface area contributed by atoms with Crippen molar-refractivity contribution in [3.8, 4) is 0 Å². The van der Waals surface area contributed by atoms with E-state index in [-0.39, 0.29) is 23.8 Å². The first kappa shape index (κ1) is 19.4. The number of hydrogen-bond acceptors (Lipinski definition) is 3. The summed E-state index contributed by atoms with van der Waals surface area (Å²) < 4.78 is 27.3. The van der Waals surface area contributed by atoms with Crippen molar-refractivity contribution in [1.29, 1.82) is 0 Å². The normalized spacial score (nSPS) is 11.4. The third-order valence-corrected chi connectivity index (χ3v) is 5.79. The molecule has 0 radical (unpaired) electrons. The molecule has 0 aliphatic rings. The van der Waals surface area contributed by atoms with E-state index in [4.69, 9.17) is 11.6 Å². The summed E-state index contributed by atoms with van der Waals surface area (Å²) in [4.78, 5) is 12.1. The van der Waals surface area contributed by atoms with Crippen LogP contribution in [-0.4, -0.2) is 20.9 Å². The third-order valence-electron chi connectivity index (χ3n) is 4.08. The maximum absolute atomic E-state index is 12.4. The Bertz CT molecular complexity index is 1050. The van der Waals surface area contributed by atoms with E-state index in [0.717, 1.165) is 16.3 Å². The van der Waals surface area contributed by atoms with Gasteiger partial charge in [0.05, 0.1) is 4.90 Å². The summed E-state index contributed by atoms with van der Waals surface area (Å²) in [5.74, 6) is -0.230. The molecule has 5 nitrogen and oxygen atoms in total. The van der Waals surface area contributed by atoms with Gasteiger partial charge < -0.3 is 5.32 Å². The van der Waals surface area contributed by atoms with E-state index < -0.39 is 10.0 Å². The van der Waals surface area contributed by atoms with E-state index in [0.29, 0.717) is 11.6 Å². The minimum atomic E-state index is -3.66. The number of benzene rings is 3. The summed E-state index contributed by atoms with van der Waals surface area (Å²) in [6.07, 6.45) is 0.0560. The highest BCUT2D eigenvalue weighted by atomic mass is 35.5. The van der Waals surface area contributed by atoms with Gasteiger partial charge in [0.1, 0.15) is 0 Å². The van der Waals surface area contributed by atoms with E-state index in [1.165, 1.54) is 0 Å². The van der Waals surface area contributed by atoms with Crippen molar-refractivity contribution in [1.82, 2.24) is 10.0 Å². The van der Waals surface area contributed by atoms with Crippen molar-refractivity contribution in [3.63, 3.8) is 0 Å². The fraction of sp³-hybridized carbons (Fsp3) is 0.150. The predicted molar refractivity (Wildman–Crippen MR) is 107 cm³/mol. The first-order valence-corrected chi connectivity index (χ1v) is 10.3. The van der Waals surface area contributed by atoms with Crippen LogP contribution in [0.5, 0.6) is 0 Å². The summed E-state index contributed by atoms with van der Waals surface area (Å²) in [6.45, 7) is 0.398. The van der Waals surface area contributed by atoms with Gasteiger partial charge in [0, 0.05) is 24.5 Å². The summed E-state index contributed by atoms with van der Waals surface area (Å²) in [7, 11) is -3.66. The molecule has 0 aliphatic heterocycles. The Morgan fingerprint density at radius 2 is 1.63 bits per heavy atom. The Labute approximate surface area is 163 Å². The molecule has 3 aromatic rings. The topological polar surface area (TPSA) is 75.3 Å². The van der Waals surface area contributed by atoms with Gasteiger partial charge in [-0.05, 0) is 40.6 Å². The van der Waals surface area contributed by atoms with Gasteiger partial charge in [-0.3, -0.25) is 4.79 Å². The van der Waals surface area contributed by atoms with Crippen molar-refractivity contribution >= 4 is 38.3 Å². The number of hydrogen-bond donors (Lipinski definition) is 2. The largest absolute Gasteiger partial charge is 0.352 e. The van der Waals surface area contributed by atoms with Crippen LogP contribution < -0.4 is 10.0 Å². The molecule has 0 aromatic heterocycles. The highest BCUT2D eigenvalue weighted by Gasteiger charge is 2.14. The standard InChI is InChI=1S/C20H19ClN2O3S/c21-18-8-5-15(6-9-18)14-22-20(24)11-12-23-27(25,26)19-10-7-16-3-1-2-4-17(16)13-19/h1-10,13,23H,11-12,14H2,(H,22,24). The molecule has 0 atom stereocenters. The molecule has 0 saturated heterocycles. The fourth-order valence-corrected chi connectivity index (χ4v) is 3.80. The smallest absolute Gasteiger partial charge is 0.240 e. The molecule has 0 fully saturated rings. The van der Waals surface area contributed by atoms with Crippen molar-refractivity contribution < 1.29 is 13.2 Å². The quantitative estimate of drug-likeness (QED) is 0.635. The lowest BCUT2D eigenvalue weighted by atomic mass is 10.1. The Kier molecular flexibility index (Phi) is 6.11. The monoisotopic (exact) mass is 402 g/mol. The Balaban J connectivity index is 1.52. The molecule has 0 aliphatic carbocycles. The van der Waals surface area contributed by atoms with E-state index in [1.54, 1.807) is 30.3 Å². The van der Waals surface area contributed by atoms with Crippen LogP contribution in [0.3, 0.4) is 0 Å². The second-order valence-corrected chi connectivity index (χ2v) is 8.26. The maximum atomic E-state index is 12.4. The Hall–Kier alpha value is -2.41. The average Bonchev–Trinajstić information content (AvgIpc) is 2.67. The summed E-state index contributed by atoms with van der Waals surface area (Å²) in [5.41, 5.74) is 0.921. The minimum Gasteiger partial charge on any atom is -0.352 e. The Morgan fingerprint density at radius 3 is 2.37 bits per heavy atom. The van der Waals surface area contributed by atoms with Gasteiger partial charge in [0.25, 0.3) is 0 Å². The minimum absolute atomic E-state index is 0.0294. The van der Waals surface area contributed by atoms with Crippen LogP contribution in [0.25, 0.3) is 10.8 Å². The van der Waals surface area contributed by atoms with Crippen LogP contribution in [-0.2, 0) is 21.4 Å². The first-order chi connectivity index (χ1) is 12.9. The number of carbonyl (C=O) groups excluding carboxylic acids is 1. The van der Waals surface area contributed by atoms with E-state index in [2.05, 4.69) is 10.0 Å². The summed E-state index contributed by atoms with van der Waals surface area (Å²) in [6, 6.07) is 19.6. The van der Waals surface area contributed by atoms with Crippen LogP contribution in [0.2, 0.25) is 5.02 Å². The highest BCUT2D eigenvalue weighted by Crippen LogP contribution is 2.18. The lowest BCUT2D eigenvalue weighted by Gasteiger charge is -2.09. The number of nitrogens with one attached hydrogen (secondary N) is 2. The van der Waals surface area contributed by atoms with Gasteiger partial charge in [0.2, 0.25) is 15.9 Å². The fourth-order valence-electron chi connectivity index (χ4n) is 2.61. The maximum Gasteiger partial charge on any atom is 0.240 e. The van der Waals surface area contributed by atoms with Gasteiger partial charge >= 0.3 is 0 Å². The molecule has 0 bridgehead atoms. The number of fused-ring (bicyclic) bond motifs is 1. The number of halogens is 1. The van der Waals surface area contributed by atoms with Crippen LogP contribution in [0.15, 0.2) is 71.6 Å². The van der Waals surface area contributed by atoms with Gasteiger partial charge in [-0.15, -0.1) is 0 Å². The zero-order chi connectivity index (χ0) is 19.3. The molecule has 0 spiro atoms. The van der Waals surface area contributed by atoms with E-state index in [9.17, 15) is 13.2 Å². The van der Waals surface area contributed by atoms with E-state index in [1.807, 2.05) is 36.4 Å². The molecule has 27 heavy (non-hydrogen) atoms. The van der Waals surface area contributed by atoms with E-state index >= 15 is 0 Å². The summed E-state index contributed by atoms with van der Waals surface area (Å²) in [5, 5.41) is 5.20. The third kappa shape index (κ3) is 5.29. The summed E-state index contributed by atoms with van der Waals surface area (Å²) >= 11 is 5.82. The first-order valence-electron chi connectivity index (χ1n) is 8.44. The van der Waals surface area contributed by atoms with Crippen LogP contribution >= 0.6 is 11.6 Å². The van der Waals surface area contributed by atoms with Crippen molar-refractivity contribution in [2.75, 3.05) is 6.54 Å². The molecule has 0 saturated carbocycles. The SMILES string of the molecule is O=C(CCNS(=O)(=O)c1ccc2ccccc2c1)NCc1ccc(Cl)cc1. The molecule has 1 amide bonds.